The largest absolute Gasteiger partial charge is 0.418 e. The van der Waals surface area contributed by atoms with E-state index in [9.17, 15) is 35.5 Å². The molecule has 10 heteroatoms. The van der Waals surface area contributed by atoms with E-state index in [2.05, 4.69) is 4.74 Å². The molecule has 2 rings (SSSR count). The van der Waals surface area contributed by atoms with E-state index in [-0.39, 0.29) is 23.2 Å². The summed E-state index contributed by atoms with van der Waals surface area (Å²) >= 11 is 5.59. The van der Waals surface area contributed by atoms with E-state index in [4.69, 9.17) is 11.6 Å². The van der Waals surface area contributed by atoms with Gasteiger partial charge in [0.25, 0.3) is 0 Å². The van der Waals surface area contributed by atoms with E-state index in [0.717, 1.165) is 12.1 Å². The summed E-state index contributed by atoms with van der Waals surface area (Å²) in [6.07, 6.45) is -10.3. The van der Waals surface area contributed by atoms with Gasteiger partial charge in [0.1, 0.15) is 0 Å². The van der Waals surface area contributed by atoms with E-state index >= 15 is 0 Å². The van der Waals surface area contributed by atoms with Gasteiger partial charge in [-0.05, 0) is 30.3 Å². The first-order valence-electron chi connectivity index (χ1n) is 6.35. The number of esters is 1. The lowest BCUT2D eigenvalue weighted by molar-refractivity contribution is -0.143. The maximum Gasteiger partial charge on any atom is 0.416 e. The number of hydrogen-bond donors (Lipinski definition) is 0. The number of ether oxygens (including phenoxy) is 1. The van der Waals surface area contributed by atoms with Gasteiger partial charge in [0.15, 0.2) is 11.6 Å². The van der Waals surface area contributed by atoms with Crippen LogP contribution in [0.15, 0.2) is 36.4 Å². The number of halogens is 8. The van der Waals surface area contributed by atoms with Crippen molar-refractivity contribution >= 4 is 17.6 Å². The number of hydrogen-bond acceptors (Lipinski definition) is 2. The third kappa shape index (κ3) is 4.41. The van der Waals surface area contributed by atoms with E-state index in [0.29, 0.717) is 0 Å². The standard InChI is InChI=1S/C15H6ClF7O2/c16-10-2-1-3-11(17)12(10)25-13(24)7-4-8(14(18,19)20)6-9(5-7)15(21,22)23/h1-6H. The highest BCUT2D eigenvalue weighted by Gasteiger charge is 2.37. The number of carbonyl (C=O) groups is 1. The number of alkyl halides is 6. The second-order valence-electron chi connectivity index (χ2n) is 4.73. The number of para-hydroxylation sites is 1. The van der Waals surface area contributed by atoms with Gasteiger partial charge in [0.05, 0.1) is 21.7 Å². The minimum absolute atomic E-state index is 0.146. The Morgan fingerprint density at radius 1 is 0.920 bits per heavy atom. The molecule has 2 aromatic carbocycles. The SMILES string of the molecule is O=C(Oc1c(F)cccc1Cl)c1cc(C(F)(F)F)cc(C(F)(F)F)c1. The van der Waals surface area contributed by atoms with Crippen LogP contribution in [0.4, 0.5) is 30.7 Å². The van der Waals surface area contributed by atoms with Crippen molar-refractivity contribution in [3.05, 3.63) is 63.9 Å². The highest BCUT2D eigenvalue weighted by molar-refractivity contribution is 6.32. The molecule has 0 bridgehead atoms. The Balaban J connectivity index is 2.49. The first kappa shape index (κ1) is 19.0. The molecule has 0 aliphatic heterocycles. The average Bonchev–Trinajstić information content (AvgIpc) is 2.48. The third-order valence-corrected chi connectivity index (χ3v) is 3.23. The Labute approximate surface area is 140 Å². The fourth-order valence-electron chi connectivity index (χ4n) is 1.80. The Hall–Kier alpha value is -2.29. The molecular formula is C15H6ClF7O2. The monoisotopic (exact) mass is 386 g/mol. The molecule has 0 N–H and O–H groups in total. The molecule has 0 saturated heterocycles. The van der Waals surface area contributed by atoms with Crippen molar-refractivity contribution in [2.45, 2.75) is 12.4 Å². The molecule has 0 amide bonds. The van der Waals surface area contributed by atoms with Crippen molar-refractivity contribution in [2.75, 3.05) is 0 Å². The molecule has 0 aliphatic rings. The first-order chi connectivity index (χ1) is 11.4. The summed E-state index contributed by atoms with van der Waals surface area (Å²) in [5.41, 5.74) is -4.45. The molecule has 0 unspecified atom stereocenters. The number of rotatable bonds is 2. The molecular weight excluding hydrogens is 381 g/mol. The topological polar surface area (TPSA) is 26.3 Å². The van der Waals surface area contributed by atoms with Gasteiger partial charge in [0.2, 0.25) is 0 Å². The van der Waals surface area contributed by atoms with Crippen LogP contribution in [-0.4, -0.2) is 5.97 Å². The van der Waals surface area contributed by atoms with E-state index in [1.807, 2.05) is 0 Å². The summed E-state index contributed by atoms with van der Waals surface area (Å²) in [6, 6.07) is 3.34. The normalized spacial score (nSPS) is 12.2. The Morgan fingerprint density at radius 2 is 1.44 bits per heavy atom. The highest BCUT2D eigenvalue weighted by Crippen LogP contribution is 2.37. The molecule has 134 valence electrons. The van der Waals surface area contributed by atoms with Gasteiger partial charge in [-0.1, -0.05) is 17.7 Å². The average molecular weight is 387 g/mol. The predicted octanol–water partition coefficient (Wildman–Crippen LogP) is 5.74. The van der Waals surface area contributed by atoms with Crippen LogP contribution in [0.1, 0.15) is 21.5 Å². The minimum atomic E-state index is -5.13. The Morgan fingerprint density at radius 3 is 1.88 bits per heavy atom. The maximum absolute atomic E-state index is 13.5. The van der Waals surface area contributed by atoms with E-state index < -0.39 is 46.6 Å². The molecule has 0 atom stereocenters. The van der Waals surface area contributed by atoms with Crippen LogP contribution >= 0.6 is 11.6 Å². The molecule has 25 heavy (non-hydrogen) atoms. The summed E-state index contributed by atoms with van der Waals surface area (Å²) in [6.45, 7) is 0. The van der Waals surface area contributed by atoms with Crippen LogP contribution in [0.3, 0.4) is 0 Å². The van der Waals surface area contributed by atoms with Crippen LogP contribution in [-0.2, 0) is 12.4 Å². The summed E-state index contributed by atoms with van der Waals surface area (Å²) in [7, 11) is 0. The molecule has 0 heterocycles. The molecule has 0 radical (unpaired) electrons. The van der Waals surface area contributed by atoms with Crippen molar-refractivity contribution in [1.82, 2.24) is 0 Å². The van der Waals surface area contributed by atoms with Crippen molar-refractivity contribution in [3.8, 4) is 5.75 Å². The van der Waals surface area contributed by atoms with Gasteiger partial charge in [0, 0.05) is 0 Å². The quantitative estimate of drug-likeness (QED) is 0.374. The van der Waals surface area contributed by atoms with Crippen molar-refractivity contribution in [2.24, 2.45) is 0 Å². The van der Waals surface area contributed by atoms with Crippen molar-refractivity contribution < 1.29 is 40.3 Å². The maximum atomic E-state index is 13.5. The van der Waals surface area contributed by atoms with Gasteiger partial charge in [-0.3, -0.25) is 0 Å². The summed E-state index contributed by atoms with van der Waals surface area (Å²) in [4.78, 5) is 11.9. The number of benzene rings is 2. The van der Waals surface area contributed by atoms with E-state index in [1.54, 1.807) is 0 Å². The Kier molecular flexibility index (Phi) is 4.99. The molecule has 0 fully saturated rings. The lowest BCUT2D eigenvalue weighted by Gasteiger charge is -2.14. The van der Waals surface area contributed by atoms with Gasteiger partial charge >= 0.3 is 18.3 Å². The van der Waals surface area contributed by atoms with Gasteiger partial charge in [-0.25, -0.2) is 9.18 Å². The first-order valence-corrected chi connectivity index (χ1v) is 6.73. The smallest absolute Gasteiger partial charge is 0.416 e. The van der Waals surface area contributed by atoms with Crippen LogP contribution in [0.5, 0.6) is 5.75 Å². The molecule has 2 nitrogen and oxygen atoms in total. The lowest BCUT2D eigenvalue weighted by atomic mass is 10.0. The predicted molar refractivity (Wildman–Crippen MR) is 72.8 cm³/mol. The second kappa shape index (κ2) is 6.55. The lowest BCUT2D eigenvalue weighted by Crippen LogP contribution is -2.16. The van der Waals surface area contributed by atoms with Gasteiger partial charge in [-0.2, -0.15) is 26.3 Å². The summed E-state index contributed by atoms with van der Waals surface area (Å²) in [5, 5.41) is -0.378. The third-order valence-electron chi connectivity index (χ3n) is 2.94. The molecule has 2 aromatic rings. The zero-order valence-electron chi connectivity index (χ0n) is 11.8. The molecule has 0 aliphatic carbocycles. The fraction of sp³-hybridized carbons (Fsp3) is 0.133. The van der Waals surface area contributed by atoms with Gasteiger partial charge < -0.3 is 4.74 Å². The second-order valence-corrected chi connectivity index (χ2v) is 5.14. The van der Waals surface area contributed by atoms with Crippen LogP contribution in [0.25, 0.3) is 0 Å². The van der Waals surface area contributed by atoms with Crippen LogP contribution in [0.2, 0.25) is 5.02 Å². The van der Waals surface area contributed by atoms with Crippen LogP contribution in [0, 0.1) is 5.82 Å². The van der Waals surface area contributed by atoms with Crippen molar-refractivity contribution in [1.29, 1.82) is 0 Å². The zero-order valence-corrected chi connectivity index (χ0v) is 12.6. The highest BCUT2D eigenvalue weighted by atomic mass is 35.5. The Bertz CT molecular complexity index is 760. The molecule has 0 saturated carbocycles. The number of carbonyl (C=O) groups excluding carboxylic acids is 1. The van der Waals surface area contributed by atoms with Gasteiger partial charge in [-0.15, -0.1) is 0 Å². The minimum Gasteiger partial charge on any atom is -0.418 e. The summed E-state index contributed by atoms with van der Waals surface area (Å²) < 4.78 is 94.6. The van der Waals surface area contributed by atoms with E-state index in [1.165, 1.54) is 6.07 Å². The molecule has 0 aromatic heterocycles. The zero-order chi connectivity index (χ0) is 19.0. The van der Waals surface area contributed by atoms with Crippen LogP contribution < -0.4 is 4.74 Å². The van der Waals surface area contributed by atoms with Crippen molar-refractivity contribution in [3.63, 3.8) is 0 Å². The molecule has 0 spiro atoms. The fourth-order valence-corrected chi connectivity index (χ4v) is 2.01. The summed E-state index contributed by atoms with van der Waals surface area (Å²) in [5.74, 6) is -3.53.